The van der Waals surface area contributed by atoms with Gasteiger partial charge in [0.15, 0.2) is 0 Å². The molecule has 0 aliphatic carbocycles. The van der Waals surface area contributed by atoms with Gasteiger partial charge in [-0.15, -0.1) is 0 Å². The van der Waals surface area contributed by atoms with Crippen LogP contribution in [0.25, 0.3) is 0 Å². The summed E-state index contributed by atoms with van der Waals surface area (Å²) < 4.78 is 0. The van der Waals surface area contributed by atoms with Gasteiger partial charge in [0.1, 0.15) is 6.29 Å². The van der Waals surface area contributed by atoms with E-state index < -0.39 is 0 Å². The molecule has 2 unspecified atom stereocenters. The highest BCUT2D eigenvalue weighted by Crippen LogP contribution is 2.10. The summed E-state index contributed by atoms with van der Waals surface area (Å²) in [6.45, 7) is 0.753. The molecule has 0 aromatic carbocycles. The van der Waals surface area contributed by atoms with Gasteiger partial charge in [0.05, 0.1) is 12.8 Å². The molecule has 0 bridgehead atoms. The van der Waals surface area contributed by atoms with E-state index in [9.17, 15) is 4.79 Å². The third-order valence-corrected chi connectivity index (χ3v) is 1.10. The average Bonchev–Trinajstić information content (AvgIpc) is 2.43. The van der Waals surface area contributed by atoms with E-state index in [-0.39, 0.29) is 12.8 Å². The number of carbonyl (C=O) groups excluding carboxylic acids is 1. The average molecular weight is 101 g/mol. The standard InChI is InChI=1S/C4H7NO2/c6-2-4-1-5(4)3-7/h2,4,7H,1,3H2. The highest BCUT2D eigenvalue weighted by molar-refractivity contribution is 5.61. The summed E-state index contributed by atoms with van der Waals surface area (Å²) in [5.74, 6) is 0. The lowest BCUT2D eigenvalue weighted by Crippen LogP contribution is -2.02. The third-order valence-electron chi connectivity index (χ3n) is 1.10. The van der Waals surface area contributed by atoms with Gasteiger partial charge in [0, 0.05) is 6.54 Å². The van der Waals surface area contributed by atoms with E-state index in [2.05, 4.69) is 0 Å². The Balaban J connectivity index is 2.17. The van der Waals surface area contributed by atoms with Crippen molar-refractivity contribution in [3.8, 4) is 0 Å². The van der Waals surface area contributed by atoms with Crippen molar-refractivity contribution >= 4 is 6.29 Å². The molecule has 1 saturated heterocycles. The van der Waals surface area contributed by atoms with Crippen molar-refractivity contribution in [2.45, 2.75) is 6.04 Å². The molecular weight excluding hydrogens is 94.0 g/mol. The van der Waals surface area contributed by atoms with E-state index in [1.807, 2.05) is 0 Å². The number of nitrogens with zero attached hydrogens (tertiary/aromatic N) is 1. The zero-order chi connectivity index (χ0) is 5.28. The molecule has 1 N–H and O–H groups in total. The van der Waals surface area contributed by atoms with Gasteiger partial charge in [-0.25, -0.2) is 0 Å². The van der Waals surface area contributed by atoms with Gasteiger partial charge in [-0.1, -0.05) is 0 Å². The van der Waals surface area contributed by atoms with Crippen LogP contribution in [0.5, 0.6) is 0 Å². The summed E-state index contributed by atoms with van der Waals surface area (Å²) in [5.41, 5.74) is 0. The van der Waals surface area contributed by atoms with Gasteiger partial charge >= 0.3 is 0 Å². The molecule has 1 rings (SSSR count). The summed E-state index contributed by atoms with van der Waals surface area (Å²) in [7, 11) is 0. The summed E-state index contributed by atoms with van der Waals surface area (Å²) in [5, 5.41) is 8.27. The van der Waals surface area contributed by atoms with Crippen LogP contribution in [0.3, 0.4) is 0 Å². The van der Waals surface area contributed by atoms with Crippen molar-refractivity contribution in [2.75, 3.05) is 13.3 Å². The van der Waals surface area contributed by atoms with Crippen LogP contribution in [0.15, 0.2) is 0 Å². The van der Waals surface area contributed by atoms with Gasteiger partial charge in [0.2, 0.25) is 0 Å². The first-order chi connectivity index (χ1) is 3.38. The highest BCUT2D eigenvalue weighted by atomic mass is 16.3. The molecule has 2 atom stereocenters. The van der Waals surface area contributed by atoms with E-state index in [0.29, 0.717) is 0 Å². The van der Waals surface area contributed by atoms with Crippen molar-refractivity contribution in [1.29, 1.82) is 0 Å². The second kappa shape index (κ2) is 1.60. The Bertz CT molecular complexity index is 83.8. The maximum absolute atomic E-state index is 9.78. The van der Waals surface area contributed by atoms with Gasteiger partial charge in [-0.05, 0) is 0 Å². The molecule has 1 aliphatic rings. The smallest absolute Gasteiger partial charge is 0.138 e. The van der Waals surface area contributed by atoms with E-state index in [1.54, 1.807) is 4.90 Å². The fourth-order valence-electron chi connectivity index (χ4n) is 0.485. The fourth-order valence-corrected chi connectivity index (χ4v) is 0.485. The van der Waals surface area contributed by atoms with Crippen molar-refractivity contribution in [3.05, 3.63) is 0 Å². The van der Waals surface area contributed by atoms with Crippen LogP contribution >= 0.6 is 0 Å². The third kappa shape index (κ3) is 0.783. The lowest BCUT2D eigenvalue weighted by atomic mass is 10.5. The van der Waals surface area contributed by atoms with E-state index in [4.69, 9.17) is 5.11 Å². The zero-order valence-corrected chi connectivity index (χ0v) is 3.87. The molecule has 1 fully saturated rings. The minimum atomic E-state index is 0.0173. The maximum atomic E-state index is 9.78. The first kappa shape index (κ1) is 4.74. The second-order valence-corrected chi connectivity index (χ2v) is 1.62. The SMILES string of the molecule is O=CC1CN1CO. The fraction of sp³-hybridized carbons (Fsp3) is 0.750. The van der Waals surface area contributed by atoms with Crippen LogP contribution in [0.2, 0.25) is 0 Å². The largest absolute Gasteiger partial charge is 0.381 e. The molecule has 0 amide bonds. The topological polar surface area (TPSA) is 40.3 Å². The van der Waals surface area contributed by atoms with Crippen molar-refractivity contribution < 1.29 is 9.90 Å². The molecule has 40 valence electrons. The number of aliphatic hydroxyl groups excluding tert-OH is 1. The van der Waals surface area contributed by atoms with E-state index in [0.717, 1.165) is 12.8 Å². The molecule has 3 heteroatoms. The maximum Gasteiger partial charge on any atom is 0.138 e. The number of carbonyl (C=O) groups is 1. The van der Waals surface area contributed by atoms with Crippen LogP contribution in [0.4, 0.5) is 0 Å². The zero-order valence-electron chi connectivity index (χ0n) is 3.87. The monoisotopic (exact) mass is 101 g/mol. The van der Waals surface area contributed by atoms with Crippen LogP contribution in [-0.2, 0) is 4.79 Å². The van der Waals surface area contributed by atoms with Crippen LogP contribution in [-0.4, -0.2) is 35.6 Å². The number of aliphatic hydroxyl groups is 1. The minimum absolute atomic E-state index is 0.0173. The highest BCUT2D eigenvalue weighted by Gasteiger charge is 2.31. The van der Waals surface area contributed by atoms with E-state index >= 15 is 0 Å². The molecule has 0 saturated carbocycles. The molecule has 1 heterocycles. The molecule has 0 aromatic heterocycles. The molecule has 7 heavy (non-hydrogen) atoms. The number of hydrogen-bond donors (Lipinski definition) is 1. The van der Waals surface area contributed by atoms with Crippen LogP contribution < -0.4 is 0 Å². The van der Waals surface area contributed by atoms with Gasteiger partial charge in [0.25, 0.3) is 0 Å². The number of hydrogen-bond acceptors (Lipinski definition) is 3. The first-order valence-electron chi connectivity index (χ1n) is 2.18. The van der Waals surface area contributed by atoms with Gasteiger partial charge in [-0.3, -0.25) is 4.90 Å². The van der Waals surface area contributed by atoms with Crippen molar-refractivity contribution in [1.82, 2.24) is 4.90 Å². The molecule has 1 aliphatic heterocycles. The number of aldehydes is 1. The van der Waals surface area contributed by atoms with E-state index in [1.165, 1.54) is 0 Å². The van der Waals surface area contributed by atoms with Crippen LogP contribution in [0, 0.1) is 0 Å². The van der Waals surface area contributed by atoms with Crippen LogP contribution in [0.1, 0.15) is 0 Å². The molecule has 0 aromatic rings. The predicted molar refractivity (Wildman–Crippen MR) is 23.6 cm³/mol. The lowest BCUT2D eigenvalue weighted by molar-refractivity contribution is -0.108. The quantitative estimate of drug-likeness (QED) is 0.351. The molecular formula is C4H7NO2. The number of rotatable bonds is 2. The lowest BCUT2D eigenvalue weighted by Gasteiger charge is -1.86. The van der Waals surface area contributed by atoms with Crippen molar-refractivity contribution in [2.24, 2.45) is 0 Å². The molecule has 0 radical (unpaired) electrons. The summed E-state index contributed by atoms with van der Waals surface area (Å²) >= 11 is 0. The van der Waals surface area contributed by atoms with Crippen molar-refractivity contribution in [3.63, 3.8) is 0 Å². The first-order valence-corrected chi connectivity index (χ1v) is 2.18. The van der Waals surface area contributed by atoms with Gasteiger partial charge in [-0.2, -0.15) is 0 Å². The Labute approximate surface area is 41.5 Å². The Kier molecular flexibility index (Phi) is 1.08. The predicted octanol–water partition coefficient (Wildman–Crippen LogP) is -1.18. The minimum Gasteiger partial charge on any atom is -0.381 e. The summed E-state index contributed by atoms with van der Waals surface area (Å²) in [6, 6.07) is 0.0185. The summed E-state index contributed by atoms with van der Waals surface area (Å²) in [6.07, 6.45) is 0.843. The summed E-state index contributed by atoms with van der Waals surface area (Å²) in [4.78, 5) is 11.4. The normalized spacial score (nSPS) is 37.9. The van der Waals surface area contributed by atoms with Gasteiger partial charge < -0.3 is 9.90 Å². The Hall–Kier alpha value is -0.410. The molecule has 0 spiro atoms. The molecule has 3 nitrogen and oxygen atoms in total. The second-order valence-electron chi connectivity index (χ2n) is 1.62. The Morgan fingerprint density at radius 2 is 2.71 bits per heavy atom. The Morgan fingerprint density at radius 3 is 2.86 bits per heavy atom. The Morgan fingerprint density at radius 1 is 2.00 bits per heavy atom.